The fraction of sp³-hybridized carbons (Fsp3) is 0.750. The van der Waals surface area contributed by atoms with E-state index in [1.165, 1.54) is 30.6 Å². The number of hydrogen-bond donors (Lipinski definition) is 2. The Morgan fingerprint density at radius 3 is 2.45 bits per heavy atom. The van der Waals surface area contributed by atoms with Gasteiger partial charge in [0.05, 0.1) is 12.2 Å². The number of halogens is 1. The van der Waals surface area contributed by atoms with Gasteiger partial charge < -0.3 is 10.6 Å². The number of aryl methyl sites for hydroxylation is 2. The number of aliphatic imine (C=N–C) groups is 1. The highest BCUT2D eigenvalue weighted by Crippen LogP contribution is 2.34. The molecule has 126 valence electrons. The molecule has 1 fully saturated rings. The molecule has 1 aliphatic carbocycles. The Kier molecular flexibility index (Phi) is 7.58. The third-order valence-corrected chi connectivity index (χ3v) is 5.46. The second-order valence-corrected chi connectivity index (χ2v) is 8.05. The van der Waals surface area contributed by atoms with Crippen LogP contribution in [0.4, 0.5) is 0 Å². The zero-order chi connectivity index (χ0) is 15.5. The molecule has 0 spiro atoms. The lowest BCUT2D eigenvalue weighted by Crippen LogP contribution is -2.45. The molecule has 6 heteroatoms. The molecule has 2 N–H and O–H groups in total. The summed E-state index contributed by atoms with van der Waals surface area (Å²) in [4.78, 5) is 10.2. The molecule has 22 heavy (non-hydrogen) atoms. The predicted octanol–water partition coefficient (Wildman–Crippen LogP) is 4.01. The zero-order valence-corrected chi connectivity index (χ0v) is 17.5. The van der Waals surface area contributed by atoms with Crippen molar-refractivity contribution in [2.75, 3.05) is 7.05 Å². The average Bonchev–Trinajstić information content (AvgIpc) is 2.75. The van der Waals surface area contributed by atoms with Crippen LogP contribution >= 0.6 is 35.3 Å². The summed E-state index contributed by atoms with van der Waals surface area (Å²) < 4.78 is 0. The number of nitrogens with zero attached hydrogens (tertiary/aromatic N) is 2. The van der Waals surface area contributed by atoms with Gasteiger partial charge in [0.15, 0.2) is 5.96 Å². The van der Waals surface area contributed by atoms with Gasteiger partial charge in [0, 0.05) is 18.0 Å². The zero-order valence-electron chi connectivity index (χ0n) is 14.3. The van der Waals surface area contributed by atoms with Crippen molar-refractivity contribution >= 4 is 41.3 Å². The number of aromatic nitrogens is 1. The van der Waals surface area contributed by atoms with Gasteiger partial charge in [0.1, 0.15) is 5.01 Å². The quantitative estimate of drug-likeness (QED) is 0.428. The van der Waals surface area contributed by atoms with E-state index in [1.54, 1.807) is 11.3 Å². The molecule has 0 bridgehead atoms. The first-order valence-corrected chi connectivity index (χ1v) is 8.61. The van der Waals surface area contributed by atoms with E-state index in [0.29, 0.717) is 11.5 Å². The average molecular weight is 436 g/mol. The first-order chi connectivity index (χ1) is 9.89. The van der Waals surface area contributed by atoms with Crippen molar-refractivity contribution in [1.82, 2.24) is 15.6 Å². The van der Waals surface area contributed by atoms with Crippen LogP contribution in [0.2, 0.25) is 0 Å². The first-order valence-electron chi connectivity index (χ1n) is 7.80. The van der Waals surface area contributed by atoms with Crippen LogP contribution in [0.5, 0.6) is 0 Å². The van der Waals surface area contributed by atoms with Crippen molar-refractivity contribution in [1.29, 1.82) is 0 Å². The predicted molar refractivity (Wildman–Crippen MR) is 106 cm³/mol. The Hall–Kier alpha value is -0.370. The van der Waals surface area contributed by atoms with E-state index in [1.807, 2.05) is 7.05 Å². The van der Waals surface area contributed by atoms with Gasteiger partial charge in [-0.15, -0.1) is 35.3 Å². The lowest BCUT2D eigenvalue weighted by atomic mass is 9.75. The van der Waals surface area contributed by atoms with E-state index >= 15 is 0 Å². The molecular weight excluding hydrogens is 407 g/mol. The van der Waals surface area contributed by atoms with Crippen molar-refractivity contribution in [3.63, 3.8) is 0 Å². The summed E-state index contributed by atoms with van der Waals surface area (Å²) in [7, 11) is 1.83. The van der Waals surface area contributed by atoms with E-state index in [4.69, 9.17) is 0 Å². The van der Waals surface area contributed by atoms with Gasteiger partial charge in [-0.2, -0.15) is 0 Å². The van der Waals surface area contributed by atoms with Crippen LogP contribution in [0.15, 0.2) is 4.99 Å². The fourth-order valence-electron chi connectivity index (χ4n) is 2.71. The molecule has 1 aromatic heterocycles. The van der Waals surface area contributed by atoms with Gasteiger partial charge in [-0.05, 0) is 44.9 Å². The second-order valence-electron chi connectivity index (χ2n) is 6.76. The number of guanidine groups is 1. The molecule has 0 amide bonds. The third-order valence-electron chi connectivity index (χ3n) is 4.38. The fourth-order valence-corrected chi connectivity index (χ4v) is 3.58. The number of thiazole rings is 1. The number of nitrogens with one attached hydrogen (secondary N) is 2. The standard InChI is InChI=1S/C16H28N4S.HI/c1-11-12(2)21-14(19-11)10-18-15(17-5)20-13-6-8-16(3,4)9-7-13;/h13H,6-10H2,1-5H3,(H2,17,18,20);1H. The topological polar surface area (TPSA) is 49.3 Å². The molecule has 1 saturated carbocycles. The monoisotopic (exact) mass is 436 g/mol. The molecule has 4 nitrogen and oxygen atoms in total. The van der Waals surface area contributed by atoms with Crippen molar-refractivity contribution in [2.24, 2.45) is 10.4 Å². The van der Waals surface area contributed by atoms with Crippen molar-refractivity contribution in [2.45, 2.75) is 66.0 Å². The lowest BCUT2D eigenvalue weighted by Gasteiger charge is -2.35. The molecule has 1 heterocycles. The van der Waals surface area contributed by atoms with Gasteiger partial charge in [0.25, 0.3) is 0 Å². The summed E-state index contributed by atoms with van der Waals surface area (Å²) >= 11 is 1.76. The normalized spacial score (nSPS) is 18.7. The van der Waals surface area contributed by atoms with Gasteiger partial charge in [-0.1, -0.05) is 13.8 Å². The number of hydrogen-bond acceptors (Lipinski definition) is 3. The Morgan fingerprint density at radius 2 is 1.95 bits per heavy atom. The van der Waals surface area contributed by atoms with Gasteiger partial charge in [0.2, 0.25) is 0 Å². The van der Waals surface area contributed by atoms with Crippen molar-refractivity contribution in [3.8, 4) is 0 Å². The van der Waals surface area contributed by atoms with E-state index in [2.05, 4.69) is 48.3 Å². The SMILES string of the molecule is CN=C(NCc1nc(C)c(C)s1)NC1CCC(C)(C)CC1.I. The van der Waals surface area contributed by atoms with Crippen LogP contribution in [0, 0.1) is 19.3 Å². The molecule has 1 aromatic rings. The molecule has 0 aromatic carbocycles. The van der Waals surface area contributed by atoms with E-state index < -0.39 is 0 Å². The molecule has 0 unspecified atom stereocenters. The minimum absolute atomic E-state index is 0. The summed E-state index contributed by atoms with van der Waals surface area (Å²) in [6.07, 6.45) is 5.02. The number of rotatable bonds is 3. The van der Waals surface area contributed by atoms with Gasteiger partial charge >= 0.3 is 0 Å². The Labute approximate surface area is 155 Å². The highest BCUT2D eigenvalue weighted by Gasteiger charge is 2.27. The van der Waals surface area contributed by atoms with Crippen LogP contribution in [0.1, 0.15) is 55.1 Å². The van der Waals surface area contributed by atoms with E-state index in [0.717, 1.165) is 23.2 Å². The molecular formula is C16H29IN4S. The molecule has 2 rings (SSSR count). The molecule has 0 saturated heterocycles. The van der Waals surface area contributed by atoms with Crippen LogP contribution in [0.25, 0.3) is 0 Å². The van der Waals surface area contributed by atoms with Crippen LogP contribution in [-0.4, -0.2) is 24.0 Å². The molecule has 0 atom stereocenters. The Balaban J connectivity index is 0.00000242. The summed E-state index contributed by atoms with van der Waals surface area (Å²) in [5.74, 6) is 0.894. The van der Waals surface area contributed by atoms with E-state index in [-0.39, 0.29) is 24.0 Å². The smallest absolute Gasteiger partial charge is 0.191 e. The summed E-state index contributed by atoms with van der Waals surface area (Å²) in [6, 6.07) is 0.545. The first kappa shape index (κ1) is 19.7. The van der Waals surface area contributed by atoms with Gasteiger partial charge in [-0.25, -0.2) is 4.98 Å². The van der Waals surface area contributed by atoms with E-state index in [9.17, 15) is 0 Å². The highest BCUT2D eigenvalue weighted by atomic mass is 127. The lowest BCUT2D eigenvalue weighted by molar-refractivity contribution is 0.216. The minimum Gasteiger partial charge on any atom is -0.354 e. The maximum atomic E-state index is 4.56. The molecule has 0 aliphatic heterocycles. The minimum atomic E-state index is 0. The maximum absolute atomic E-state index is 4.56. The third kappa shape index (κ3) is 5.68. The Bertz CT molecular complexity index is 481. The molecule has 0 radical (unpaired) electrons. The summed E-state index contributed by atoms with van der Waals surface area (Å²) in [6.45, 7) is 9.66. The summed E-state index contributed by atoms with van der Waals surface area (Å²) in [5.41, 5.74) is 1.64. The summed E-state index contributed by atoms with van der Waals surface area (Å²) in [5, 5.41) is 8.05. The largest absolute Gasteiger partial charge is 0.354 e. The van der Waals surface area contributed by atoms with Gasteiger partial charge in [-0.3, -0.25) is 4.99 Å². The Morgan fingerprint density at radius 1 is 1.32 bits per heavy atom. The maximum Gasteiger partial charge on any atom is 0.191 e. The van der Waals surface area contributed by atoms with Crippen LogP contribution in [-0.2, 0) is 6.54 Å². The second kappa shape index (κ2) is 8.47. The van der Waals surface area contributed by atoms with Crippen LogP contribution < -0.4 is 10.6 Å². The molecule has 1 aliphatic rings. The van der Waals surface area contributed by atoms with Crippen molar-refractivity contribution < 1.29 is 0 Å². The highest BCUT2D eigenvalue weighted by molar-refractivity contribution is 14.0. The van der Waals surface area contributed by atoms with Crippen LogP contribution in [0.3, 0.4) is 0 Å². The van der Waals surface area contributed by atoms with Crippen molar-refractivity contribution in [3.05, 3.63) is 15.6 Å².